The van der Waals surface area contributed by atoms with Gasteiger partial charge in [0.05, 0.1) is 0 Å². The van der Waals surface area contributed by atoms with Gasteiger partial charge in [0.25, 0.3) is 0 Å². The van der Waals surface area contributed by atoms with E-state index in [-0.39, 0.29) is 12.1 Å². The molecular weight excluding hydrogens is 382 g/mol. The average molecular weight is 397 g/mol. The number of nitrogens with two attached hydrogens (primary N) is 1. The van der Waals surface area contributed by atoms with Crippen LogP contribution in [0, 0.1) is 6.92 Å². The van der Waals surface area contributed by atoms with E-state index in [0.29, 0.717) is 0 Å². The highest BCUT2D eigenvalue weighted by molar-refractivity contribution is 9.10. The Labute approximate surface area is 135 Å². The lowest BCUT2D eigenvalue weighted by Crippen LogP contribution is -2.24. The van der Waals surface area contributed by atoms with Crippen molar-refractivity contribution < 1.29 is 4.74 Å². The quantitative estimate of drug-likeness (QED) is 0.732. The molecule has 1 unspecified atom stereocenters. The van der Waals surface area contributed by atoms with Crippen molar-refractivity contribution in [3.63, 3.8) is 0 Å². The van der Waals surface area contributed by atoms with Crippen molar-refractivity contribution in [1.29, 1.82) is 0 Å². The van der Waals surface area contributed by atoms with Gasteiger partial charge in [-0.1, -0.05) is 50.1 Å². The molecular formula is C16H15Br2NO. The third-order valence-corrected chi connectivity index (χ3v) is 5.05. The van der Waals surface area contributed by atoms with Gasteiger partial charge in [-0.15, -0.1) is 0 Å². The maximum absolute atomic E-state index is 6.29. The van der Waals surface area contributed by atoms with Gasteiger partial charge in [-0.25, -0.2) is 0 Å². The van der Waals surface area contributed by atoms with Crippen molar-refractivity contribution in [2.45, 2.75) is 25.5 Å². The van der Waals surface area contributed by atoms with E-state index < -0.39 is 0 Å². The molecule has 0 aliphatic carbocycles. The molecule has 3 rings (SSSR count). The molecule has 20 heavy (non-hydrogen) atoms. The lowest BCUT2D eigenvalue weighted by atomic mass is 9.93. The predicted octanol–water partition coefficient (Wildman–Crippen LogP) is 5.04. The SMILES string of the molecule is Cc1cc(C2C[C@@H](N)c3ccc(Br)cc3O2)ccc1Br. The van der Waals surface area contributed by atoms with E-state index in [9.17, 15) is 0 Å². The number of halogens is 2. The van der Waals surface area contributed by atoms with Crippen LogP contribution in [0.3, 0.4) is 0 Å². The minimum atomic E-state index is 0.0126. The minimum absolute atomic E-state index is 0.0126. The third kappa shape index (κ3) is 2.65. The second-order valence-corrected chi connectivity index (χ2v) is 6.91. The molecule has 0 amide bonds. The average Bonchev–Trinajstić information content (AvgIpc) is 2.41. The van der Waals surface area contributed by atoms with Crippen molar-refractivity contribution >= 4 is 31.9 Å². The van der Waals surface area contributed by atoms with Crippen LogP contribution < -0.4 is 10.5 Å². The number of ether oxygens (including phenoxy) is 1. The molecule has 2 nitrogen and oxygen atoms in total. The summed E-state index contributed by atoms with van der Waals surface area (Å²) in [7, 11) is 0. The number of aryl methyl sites for hydroxylation is 1. The normalized spacial score (nSPS) is 21.2. The molecule has 0 saturated carbocycles. The second kappa shape index (κ2) is 5.51. The smallest absolute Gasteiger partial charge is 0.126 e. The fourth-order valence-electron chi connectivity index (χ4n) is 2.55. The summed E-state index contributed by atoms with van der Waals surface area (Å²) < 4.78 is 8.26. The Balaban J connectivity index is 1.96. The first-order chi connectivity index (χ1) is 9.54. The summed E-state index contributed by atoms with van der Waals surface area (Å²) in [6.45, 7) is 2.08. The largest absolute Gasteiger partial charge is 0.485 e. The van der Waals surface area contributed by atoms with Crippen molar-refractivity contribution in [1.82, 2.24) is 0 Å². The van der Waals surface area contributed by atoms with Gasteiger partial charge in [0.2, 0.25) is 0 Å². The van der Waals surface area contributed by atoms with E-state index in [4.69, 9.17) is 10.5 Å². The highest BCUT2D eigenvalue weighted by atomic mass is 79.9. The van der Waals surface area contributed by atoms with Crippen LogP contribution in [0.1, 0.15) is 35.3 Å². The number of hydrogen-bond acceptors (Lipinski definition) is 2. The van der Waals surface area contributed by atoms with Crippen molar-refractivity contribution in [2.24, 2.45) is 5.73 Å². The Kier molecular flexibility index (Phi) is 3.89. The summed E-state index contributed by atoms with van der Waals surface area (Å²) in [6, 6.07) is 12.4. The van der Waals surface area contributed by atoms with Crippen molar-refractivity contribution in [3.8, 4) is 5.75 Å². The topological polar surface area (TPSA) is 35.2 Å². The van der Waals surface area contributed by atoms with Crippen LogP contribution in [-0.2, 0) is 0 Å². The van der Waals surface area contributed by atoms with Gasteiger partial charge in [-0.2, -0.15) is 0 Å². The zero-order valence-corrected chi connectivity index (χ0v) is 14.2. The van der Waals surface area contributed by atoms with Crippen LogP contribution in [-0.4, -0.2) is 0 Å². The molecule has 104 valence electrons. The summed E-state index contributed by atoms with van der Waals surface area (Å²) in [5.74, 6) is 0.878. The fourth-order valence-corrected chi connectivity index (χ4v) is 3.13. The molecule has 0 aromatic heterocycles. The van der Waals surface area contributed by atoms with E-state index in [2.05, 4.69) is 57.0 Å². The number of rotatable bonds is 1. The second-order valence-electron chi connectivity index (χ2n) is 5.14. The molecule has 0 bridgehead atoms. The molecule has 0 fully saturated rings. The summed E-state index contributed by atoms with van der Waals surface area (Å²) in [4.78, 5) is 0. The highest BCUT2D eigenvalue weighted by Crippen LogP contribution is 2.41. The van der Waals surface area contributed by atoms with Crippen molar-refractivity contribution in [3.05, 3.63) is 62.0 Å². The van der Waals surface area contributed by atoms with Gasteiger partial charge in [0.15, 0.2) is 0 Å². The number of hydrogen-bond donors (Lipinski definition) is 1. The first-order valence-electron chi connectivity index (χ1n) is 6.52. The Morgan fingerprint density at radius 1 is 1.15 bits per heavy atom. The molecule has 4 heteroatoms. The molecule has 1 aliphatic rings. The fraction of sp³-hybridized carbons (Fsp3) is 0.250. The van der Waals surface area contributed by atoms with Crippen LogP contribution >= 0.6 is 31.9 Å². The molecule has 1 heterocycles. The van der Waals surface area contributed by atoms with Crippen LogP contribution in [0.2, 0.25) is 0 Å². The lowest BCUT2D eigenvalue weighted by molar-refractivity contribution is 0.161. The van der Waals surface area contributed by atoms with Gasteiger partial charge >= 0.3 is 0 Å². The molecule has 0 radical (unpaired) electrons. The number of fused-ring (bicyclic) bond motifs is 1. The molecule has 2 N–H and O–H groups in total. The zero-order chi connectivity index (χ0) is 14.3. The summed E-state index contributed by atoms with van der Waals surface area (Å²) in [5.41, 5.74) is 9.75. The molecule has 0 spiro atoms. The van der Waals surface area contributed by atoms with Crippen molar-refractivity contribution in [2.75, 3.05) is 0 Å². The standard InChI is InChI=1S/C16H15Br2NO/c1-9-6-10(2-5-13(9)18)15-8-14(19)12-4-3-11(17)7-16(12)20-15/h2-7,14-15H,8,19H2,1H3/t14-,15?/m1/s1. The Morgan fingerprint density at radius 2 is 1.95 bits per heavy atom. The van der Waals surface area contributed by atoms with Gasteiger partial charge in [0.1, 0.15) is 11.9 Å². The minimum Gasteiger partial charge on any atom is -0.485 e. The van der Waals surface area contributed by atoms with Gasteiger partial charge in [-0.05, 0) is 36.2 Å². The predicted molar refractivity (Wildman–Crippen MR) is 87.9 cm³/mol. The van der Waals surface area contributed by atoms with Crippen LogP contribution in [0.4, 0.5) is 0 Å². The Morgan fingerprint density at radius 3 is 2.70 bits per heavy atom. The molecule has 2 atom stereocenters. The van der Waals surface area contributed by atoms with E-state index in [1.54, 1.807) is 0 Å². The molecule has 2 aromatic rings. The van der Waals surface area contributed by atoms with E-state index >= 15 is 0 Å². The van der Waals surface area contributed by atoms with Gasteiger partial charge in [0, 0.05) is 27.0 Å². The van der Waals surface area contributed by atoms with E-state index in [1.165, 1.54) is 11.1 Å². The third-order valence-electron chi connectivity index (χ3n) is 3.67. The number of benzene rings is 2. The van der Waals surface area contributed by atoms with Crippen LogP contribution in [0.5, 0.6) is 5.75 Å². The van der Waals surface area contributed by atoms with Crippen LogP contribution in [0.25, 0.3) is 0 Å². The molecule has 0 saturated heterocycles. The Hall–Kier alpha value is -0.840. The maximum atomic E-state index is 6.29. The summed E-state index contributed by atoms with van der Waals surface area (Å²) in [5, 5.41) is 0. The van der Waals surface area contributed by atoms with E-state index in [1.807, 2.05) is 18.2 Å². The zero-order valence-electron chi connectivity index (χ0n) is 11.1. The van der Waals surface area contributed by atoms with E-state index in [0.717, 1.165) is 26.7 Å². The van der Waals surface area contributed by atoms with Crippen LogP contribution in [0.15, 0.2) is 45.3 Å². The highest BCUT2D eigenvalue weighted by Gasteiger charge is 2.27. The summed E-state index contributed by atoms with van der Waals surface area (Å²) >= 11 is 7.01. The maximum Gasteiger partial charge on any atom is 0.126 e. The summed E-state index contributed by atoms with van der Waals surface area (Å²) in [6.07, 6.45) is 0.814. The molecule has 1 aliphatic heterocycles. The van der Waals surface area contributed by atoms with Gasteiger partial charge in [-0.3, -0.25) is 0 Å². The van der Waals surface area contributed by atoms with Gasteiger partial charge < -0.3 is 10.5 Å². The monoisotopic (exact) mass is 395 g/mol. The lowest BCUT2D eigenvalue weighted by Gasteiger charge is -2.31. The Bertz CT molecular complexity index is 657. The first-order valence-corrected chi connectivity index (χ1v) is 8.11. The first kappa shape index (κ1) is 14.1. The molecule has 2 aromatic carbocycles.